The molecule has 1 aliphatic rings. The van der Waals surface area contributed by atoms with Crippen LogP contribution in [0.3, 0.4) is 0 Å². The van der Waals surface area contributed by atoms with Crippen LogP contribution < -0.4 is 14.8 Å². The molecule has 0 radical (unpaired) electrons. The number of nitrogens with one attached hydrogen (secondary N) is 1. The molecule has 0 aliphatic carbocycles. The number of amides is 2. The zero-order chi connectivity index (χ0) is 21.5. The van der Waals surface area contributed by atoms with Crippen molar-refractivity contribution >= 4 is 23.4 Å². The van der Waals surface area contributed by atoms with Crippen molar-refractivity contribution in [2.75, 3.05) is 27.3 Å². The van der Waals surface area contributed by atoms with E-state index < -0.39 is 0 Å². The quantitative estimate of drug-likeness (QED) is 0.636. The molecule has 30 heavy (non-hydrogen) atoms. The minimum Gasteiger partial charge on any atom is -0.497 e. The number of ether oxygens (including phenoxy) is 2. The Morgan fingerprint density at radius 3 is 2.60 bits per heavy atom. The first-order valence-electron chi connectivity index (χ1n) is 10.1. The zero-order valence-corrected chi connectivity index (χ0v) is 18.1. The maximum Gasteiger partial charge on any atom is 0.251 e. The molecule has 160 valence electrons. The van der Waals surface area contributed by atoms with Crippen LogP contribution in [0.5, 0.6) is 11.5 Å². The zero-order valence-electron chi connectivity index (χ0n) is 17.3. The van der Waals surface area contributed by atoms with Gasteiger partial charge in [-0.15, -0.1) is 0 Å². The molecule has 6 nitrogen and oxygen atoms in total. The normalized spacial score (nSPS) is 15.7. The number of carbonyl (C=O) groups is 2. The summed E-state index contributed by atoms with van der Waals surface area (Å²) in [7, 11) is 3.26. The number of hydrogen-bond acceptors (Lipinski definition) is 4. The molecule has 1 atom stereocenters. The fourth-order valence-electron chi connectivity index (χ4n) is 3.78. The van der Waals surface area contributed by atoms with E-state index in [1.54, 1.807) is 38.5 Å². The number of rotatable bonds is 8. The summed E-state index contributed by atoms with van der Waals surface area (Å²) < 4.78 is 10.9. The first-order chi connectivity index (χ1) is 14.5. The number of hydrogen-bond donors (Lipinski definition) is 1. The summed E-state index contributed by atoms with van der Waals surface area (Å²) in [6.07, 6.45) is 2.80. The molecule has 2 amide bonds. The molecule has 1 saturated heterocycles. The topological polar surface area (TPSA) is 67.9 Å². The third kappa shape index (κ3) is 5.25. The second-order valence-corrected chi connectivity index (χ2v) is 7.66. The monoisotopic (exact) mass is 430 g/mol. The van der Waals surface area contributed by atoms with Crippen molar-refractivity contribution < 1.29 is 19.1 Å². The Morgan fingerprint density at radius 2 is 1.90 bits per heavy atom. The number of likely N-dealkylation sites (tertiary alicyclic amines) is 1. The molecular formula is C23H27ClN2O4. The van der Waals surface area contributed by atoms with Crippen LogP contribution in [-0.4, -0.2) is 44.0 Å². The highest BCUT2D eigenvalue weighted by atomic mass is 35.5. The lowest BCUT2D eigenvalue weighted by molar-refractivity contribution is -0.132. The summed E-state index contributed by atoms with van der Waals surface area (Å²) >= 11 is 5.84. The van der Waals surface area contributed by atoms with Crippen molar-refractivity contribution in [2.24, 2.45) is 0 Å². The van der Waals surface area contributed by atoms with Gasteiger partial charge in [0.15, 0.2) is 0 Å². The van der Waals surface area contributed by atoms with Gasteiger partial charge in [-0.2, -0.15) is 0 Å². The molecule has 0 bridgehead atoms. The molecule has 0 saturated carbocycles. The minimum atomic E-state index is -0.167. The van der Waals surface area contributed by atoms with E-state index in [1.165, 1.54) is 0 Å². The summed E-state index contributed by atoms with van der Waals surface area (Å²) in [6, 6.07) is 12.4. The van der Waals surface area contributed by atoms with Crippen LogP contribution in [-0.2, 0) is 4.79 Å². The van der Waals surface area contributed by atoms with Gasteiger partial charge in [0.1, 0.15) is 11.5 Å². The molecule has 2 aromatic rings. The lowest BCUT2D eigenvalue weighted by atomic mass is 10.0. The van der Waals surface area contributed by atoms with Gasteiger partial charge in [0.25, 0.3) is 5.91 Å². The number of halogens is 1. The maximum atomic E-state index is 12.9. The number of methoxy groups -OCH3 is 2. The van der Waals surface area contributed by atoms with Crippen molar-refractivity contribution in [3.05, 3.63) is 58.6 Å². The van der Waals surface area contributed by atoms with Crippen LogP contribution in [0.4, 0.5) is 0 Å². The molecule has 1 N–H and O–H groups in total. The SMILES string of the molecule is COc1ccc(OC)c(C2CCCN2C(=O)CCCNC(=O)c2ccc(Cl)cc2)c1. The van der Waals surface area contributed by atoms with E-state index in [4.69, 9.17) is 21.1 Å². The summed E-state index contributed by atoms with van der Waals surface area (Å²) in [5, 5.41) is 3.44. The molecule has 1 aliphatic heterocycles. The third-order valence-corrected chi connectivity index (χ3v) is 5.58. The standard InChI is InChI=1S/C23H27ClN2O4/c1-29-18-11-12-21(30-2)19(15-18)20-5-4-14-26(20)22(27)6-3-13-25-23(28)16-7-9-17(24)10-8-16/h7-12,15,20H,3-6,13-14H2,1-2H3,(H,25,28). The predicted octanol–water partition coefficient (Wildman–Crippen LogP) is 4.23. The number of nitrogens with zero attached hydrogens (tertiary/aromatic N) is 1. The Morgan fingerprint density at radius 1 is 1.13 bits per heavy atom. The van der Waals surface area contributed by atoms with E-state index in [0.29, 0.717) is 30.0 Å². The molecule has 7 heteroatoms. The van der Waals surface area contributed by atoms with Crippen molar-refractivity contribution in [3.63, 3.8) is 0 Å². The van der Waals surface area contributed by atoms with Crippen LogP contribution in [0.2, 0.25) is 5.02 Å². The van der Waals surface area contributed by atoms with E-state index >= 15 is 0 Å². The third-order valence-electron chi connectivity index (χ3n) is 5.33. The molecule has 0 spiro atoms. The van der Waals surface area contributed by atoms with Gasteiger partial charge in [-0.05, 0) is 61.7 Å². The van der Waals surface area contributed by atoms with Gasteiger partial charge in [0.05, 0.1) is 20.3 Å². The summed E-state index contributed by atoms with van der Waals surface area (Å²) in [5.74, 6) is 1.42. The van der Waals surface area contributed by atoms with Crippen molar-refractivity contribution in [2.45, 2.75) is 31.7 Å². The van der Waals surface area contributed by atoms with E-state index in [9.17, 15) is 9.59 Å². The molecule has 0 aromatic heterocycles. The van der Waals surface area contributed by atoms with Crippen molar-refractivity contribution in [1.29, 1.82) is 0 Å². The average molecular weight is 431 g/mol. The lowest BCUT2D eigenvalue weighted by Crippen LogP contribution is -2.32. The van der Waals surface area contributed by atoms with Crippen LogP contribution in [0, 0.1) is 0 Å². The van der Waals surface area contributed by atoms with E-state index in [-0.39, 0.29) is 17.9 Å². The summed E-state index contributed by atoms with van der Waals surface area (Å²) in [4.78, 5) is 26.9. The van der Waals surface area contributed by atoms with Gasteiger partial charge >= 0.3 is 0 Å². The highest BCUT2D eigenvalue weighted by Gasteiger charge is 2.31. The average Bonchev–Trinajstić information content (AvgIpc) is 3.26. The number of benzene rings is 2. The molecule has 1 unspecified atom stereocenters. The highest BCUT2D eigenvalue weighted by Crippen LogP contribution is 2.39. The largest absolute Gasteiger partial charge is 0.497 e. The van der Waals surface area contributed by atoms with E-state index in [0.717, 1.165) is 36.4 Å². The van der Waals surface area contributed by atoms with Crippen molar-refractivity contribution in [1.82, 2.24) is 10.2 Å². The number of carbonyl (C=O) groups excluding carboxylic acids is 2. The molecule has 3 rings (SSSR count). The Balaban J connectivity index is 1.55. The minimum absolute atomic E-state index is 0.0220. The Kier molecular flexibility index (Phi) is 7.57. The van der Waals surface area contributed by atoms with Gasteiger partial charge in [-0.1, -0.05) is 11.6 Å². The Bertz CT molecular complexity index is 885. The Hall–Kier alpha value is -2.73. The van der Waals surface area contributed by atoms with Crippen LogP contribution in [0.15, 0.2) is 42.5 Å². The fraction of sp³-hybridized carbons (Fsp3) is 0.391. The first kappa shape index (κ1) is 22.0. The van der Waals surface area contributed by atoms with Gasteiger partial charge in [-0.25, -0.2) is 0 Å². The molecular weight excluding hydrogens is 404 g/mol. The van der Waals surface area contributed by atoms with Crippen LogP contribution in [0.1, 0.15) is 47.6 Å². The second kappa shape index (κ2) is 10.3. The second-order valence-electron chi connectivity index (χ2n) is 7.22. The van der Waals surface area contributed by atoms with Gasteiger partial charge < -0.3 is 19.7 Å². The van der Waals surface area contributed by atoms with Crippen LogP contribution in [0.25, 0.3) is 0 Å². The molecule has 2 aromatic carbocycles. The van der Waals surface area contributed by atoms with E-state index in [1.807, 2.05) is 23.1 Å². The van der Waals surface area contributed by atoms with Gasteiger partial charge in [-0.3, -0.25) is 9.59 Å². The summed E-state index contributed by atoms with van der Waals surface area (Å²) in [6.45, 7) is 1.16. The highest BCUT2D eigenvalue weighted by molar-refractivity contribution is 6.30. The molecule has 1 heterocycles. The first-order valence-corrected chi connectivity index (χ1v) is 10.5. The Labute approximate surface area is 182 Å². The predicted molar refractivity (Wildman–Crippen MR) is 116 cm³/mol. The van der Waals surface area contributed by atoms with Gasteiger partial charge in [0, 0.05) is 35.7 Å². The smallest absolute Gasteiger partial charge is 0.251 e. The van der Waals surface area contributed by atoms with Gasteiger partial charge in [0.2, 0.25) is 5.91 Å². The fourth-order valence-corrected chi connectivity index (χ4v) is 3.90. The van der Waals surface area contributed by atoms with Crippen molar-refractivity contribution in [3.8, 4) is 11.5 Å². The lowest BCUT2D eigenvalue weighted by Gasteiger charge is -2.27. The molecule has 1 fully saturated rings. The maximum absolute atomic E-state index is 12.9. The summed E-state index contributed by atoms with van der Waals surface area (Å²) in [5.41, 5.74) is 1.52. The van der Waals surface area contributed by atoms with Crippen LogP contribution >= 0.6 is 11.6 Å². The van der Waals surface area contributed by atoms with E-state index in [2.05, 4.69) is 5.32 Å².